The molecule has 0 saturated carbocycles. The number of aromatic nitrogens is 2. The van der Waals surface area contributed by atoms with Gasteiger partial charge in [0.15, 0.2) is 0 Å². The number of rotatable bonds is 15. The van der Waals surface area contributed by atoms with Gasteiger partial charge < -0.3 is 25.1 Å². The van der Waals surface area contributed by atoms with Gasteiger partial charge in [0.05, 0.1) is 5.60 Å². The van der Waals surface area contributed by atoms with E-state index < -0.39 is 5.60 Å². The standard InChI is InChI=1S/C24H37N3O5S2/c1-18(32-27-21(29)9-10-22(27)30)23(2,3)13-16-31-24(4,5)12-11-19(28)25-15-17-33-34-20-8-6-7-14-26-20/h6-10,14,18,29-30H,11-13,15-17H2,1-5H3,(H,25,28). The summed E-state index contributed by atoms with van der Waals surface area (Å²) < 4.78 is 7.10. The number of pyridine rings is 1. The molecule has 0 bridgehead atoms. The number of aromatic hydroxyl groups is 2. The molecular formula is C24H37N3O5S2. The summed E-state index contributed by atoms with van der Waals surface area (Å²) in [5, 5.41) is 23.5. The van der Waals surface area contributed by atoms with Crippen LogP contribution in [0.5, 0.6) is 11.8 Å². The molecule has 1 unspecified atom stereocenters. The van der Waals surface area contributed by atoms with E-state index in [9.17, 15) is 15.0 Å². The zero-order valence-corrected chi connectivity index (χ0v) is 22.2. The molecule has 190 valence electrons. The Balaban J connectivity index is 1.62. The van der Waals surface area contributed by atoms with Crippen molar-refractivity contribution in [2.75, 3.05) is 18.9 Å². The molecule has 0 aliphatic carbocycles. The molecule has 10 heteroatoms. The first-order valence-corrected chi connectivity index (χ1v) is 13.7. The predicted octanol–water partition coefficient (Wildman–Crippen LogP) is 4.66. The summed E-state index contributed by atoms with van der Waals surface area (Å²) in [7, 11) is 3.27. The van der Waals surface area contributed by atoms with Gasteiger partial charge in [-0.3, -0.25) is 4.79 Å². The Labute approximate surface area is 210 Å². The third-order valence-electron chi connectivity index (χ3n) is 5.64. The van der Waals surface area contributed by atoms with Crippen molar-refractivity contribution in [3.63, 3.8) is 0 Å². The maximum atomic E-state index is 12.2. The van der Waals surface area contributed by atoms with Crippen LogP contribution in [0.15, 0.2) is 41.6 Å². The highest BCUT2D eigenvalue weighted by Gasteiger charge is 2.30. The van der Waals surface area contributed by atoms with E-state index >= 15 is 0 Å². The summed E-state index contributed by atoms with van der Waals surface area (Å²) in [4.78, 5) is 22.2. The smallest absolute Gasteiger partial charge is 0.229 e. The van der Waals surface area contributed by atoms with Gasteiger partial charge in [-0.25, -0.2) is 4.98 Å². The average Bonchev–Trinajstić information content (AvgIpc) is 3.10. The summed E-state index contributed by atoms with van der Waals surface area (Å²) in [5.74, 6) is 0.525. The van der Waals surface area contributed by atoms with E-state index in [4.69, 9.17) is 9.57 Å². The lowest BCUT2D eigenvalue weighted by Gasteiger charge is -2.33. The zero-order chi connectivity index (χ0) is 25.2. The quantitative estimate of drug-likeness (QED) is 0.234. The van der Waals surface area contributed by atoms with E-state index in [-0.39, 0.29) is 29.2 Å². The first-order chi connectivity index (χ1) is 16.0. The number of ether oxygens (including phenoxy) is 1. The lowest BCUT2D eigenvalue weighted by Crippen LogP contribution is -2.38. The third-order valence-corrected chi connectivity index (χ3v) is 7.91. The fourth-order valence-corrected chi connectivity index (χ4v) is 4.70. The van der Waals surface area contributed by atoms with Gasteiger partial charge in [0.25, 0.3) is 0 Å². The van der Waals surface area contributed by atoms with E-state index in [1.54, 1.807) is 27.8 Å². The summed E-state index contributed by atoms with van der Waals surface area (Å²) in [6, 6.07) is 8.55. The molecule has 3 N–H and O–H groups in total. The lowest BCUT2D eigenvalue weighted by molar-refractivity contribution is -0.123. The van der Waals surface area contributed by atoms with Crippen LogP contribution < -0.4 is 10.2 Å². The molecule has 0 radical (unpaired) electrons. The normalized spacial score (nSPS) is 13.0. The van der Waals surface area contributed by atoms with Crippen LogP contribution in [0.3, 0.4) is 0 Å². The van der Waals surface area contributed by atoms with E-state index in [1.807, 2.05) is 52.8 Å². The molecule has 2 aromatic rings. The maximum absolute atomic E-state index is 12.2. The molecular weight excluding hydrogens is 474 g/mol. The summed E-state index contributed by atoms with van der Waals surface area (Å²) >= 11 is 0. The van der Waals surface area contributed by atoms with Crippen molar-refractivity contribution in [2.45, 2.75) is 70.6 Å². The van der Waals surface area contributed by atoms with Crippen molar-refractivity contribution in [1.29, 1.82) is 0 Å². The molecule has 0 fully saturated rings. The van der Waals surface area contributed by atoms with Crippen LogP contribution in [0.25, 0.3) is 0 Å². The van der Waals surface area contributed by atoms with Crippen LogP contribution in [-0.4, -0.2) is 56.4 Å². The van der Waals surface area contributed by atoms with E-state index in [2.05, 4.69) is 10.3 Å². The monoisotopic (exact) mass is 511 g/mol. The minimum absolute atomic E-state index is 0.0220. The Morgan fingerprint density at radius 1 is 1.15 bits per heavy atom. The van der Waals surface area contributed by atoms with Gasteiger partial charge in [0, 0.05) is 49.1 Å². The van der Waals surface area contributed by atoms with Crippen LogP contribution in [0, 0.1) is 5.41 Å². The minimum atomic E-state index is -0.432. The predicted molar refractivity (Wildman–Crippen MR) is 137 cm³/mol. The minimum Gasteiger partial charge on any atom is -0.492 e. The molecule has 34 heavy (non-hydrogen) atoms. The molecule has 1 atom stereocenters. The average molecular weight is 512 g/mol. The third kappa shape index (κ3) is 9.68. The molecule has 0 aliphatic heterocycles. The fraction of sp³-hybridized carbons (Fsp3) is 0.583. The molecule has 0 aromatic carbocycles. The summed E-state index contributed by atoms with van der Waals surface area (Å²) in [6.07, 6.45) is 3.21. The van der Waals surface area contributed by atoms with Crippen LogP contribution in [-0.2, 0) is 9.53 Å². The molecule has 1 amide bonds. The molecule has 0 aliphatic rings. The van der Waals surface area contributed by atoms with Crippen molar-refractivity contribution in [1.82, 2.24) is 15.0 Å². The number of carbonyl (C=O) groups is 1. The highest BCUT2D eigenvalue weighted by molar-refractivity contribution is 8.76. The van der Waals surface area contributed by atoms with Gasteiger partial charge in [-0.05, 0) is 56.5 Å². The Bertz CT molecular complexity index is 870. The lowest BCUT2D eigenvalue weighted by atomic mass is 9.84. The molecule has 2 heterocycles. The SMILES string of the molecule is CC(On1c(O)ccc1O)C(C)(C)CCOC(C)(C)CCC(=O)NCCSSc1ccccn1. The largest absolute Gasteiger partial charge is 0.492 e. The second kappa shape index (κ2) is 13.2. The number of carbonyl (C=O) groups excluding carboxylic acids is 1. The molecule has 8 nitrogen and oxygen atoms in total. The molecule has 2 aromatic heterocycles. The number of amides is 1. The Morgan fingerprint density at radius 2 is 1.85 bits per heavy atom. The Kier molecular flexibility index (Phi) is 10.9. The second-order valence-electron chi connectivity index (χ2n) is 9.36. The molecule has 0 spiro atoms. The Morgan fingerprint density at radius 3 is 2.50 bits per heavy atom. The maximum Gasteiger partial charge on any atom is 0.229 e. The van der Waals surface area contributed by atoms with Gasteiger partial charge >= 0.3 is 0 Å². The zero-order valence-electron chi connectivity index (χ0n) is 20.6. The van der Waals surface area contributed by atoms with Crippen LogP contribution in [0.4, 0.5) is 0 Å². The van der Waals surface area contributed by atoms with Crippen LogP contribution in [0.2, 0.25) is 0 Å². The summed E-state index contributed by atoms with van der Waals surface area (Å²) in [5.41, 5.74) is -0.709. The number of hydrogen-bond acceptors (Lipinski definition) is 8. The summed E-state index contributed by atoms with van der Waals surface area (Å²) in [6.45, 7) is 11.1. The van der Waals surface area contributed by atoms with Crippen molar-refractivity contribution in [3.8, 4) is 11.8 Å². The van der Waals surface area contributed by atoms with Crippen molar-refractivity contribution in [3.05, 3.63) is 36.5 Å². The van der Waals surface area contributed by atoms with Crippen LogP contribution >= 0.6 is 21.6 Å². The van der Waals surface area contributed by atoms with E-state index in [0.717, 1.165) is 15.5 Å². The van der Waals surface area contributed by atoms with E-state index in [1.165, 1.54) is 12.1 Å². The van der Waals surface area contributed by atoms with Crippen LogP contribution in [0.1, 0.15) is 53.9 Å². The highest BCUT2D eigenvalue weighted by atomic mass is 33.1. The highest BCUT2D eigenvalue weighted by Crippen LogP contribution is 2.30. The second-order valence-corrected chi connectivity index (χ2v) is 11.8. The molecule has 2 rings (SSSR count). The topological polar surface area (TPSA) is 106 Å². The van der Waals surface area contributed by atoms with Gasteiger partial charge in [0.1, 0.15) is 11.1 Å². The number of nitrogens with zero attached hydrogens (tertiary/aromatic N) is 2. The van der Waals surface area contributed by atoms with Crippen molar-refractivity contribution >= 4 is 27.5 Å². The van der Waals surface area contributed by atoms with Crippen molar-refractivity contribution in [2.24, 2.45) is 5.41 Å². The van der Waals surface area contributed by atoms with E-state index in [0.29, 0.717) is 32.4 Å². The first-order valence-electron chi connectivity index (χ1n) is 11.4. The van der Waals surface area contributed by atoms with Gasteiger partial charge in [0.2, 0.25) is 17.7 Å². The van der Waals surface area contributed by atoms with Gasteiger partial charge in [-0.15, -0.1) is 4.73 Å². The fourth-order valence-electron chi connectivity index (χ4n) is 2.91. The number of hydrogen-bond donors (Lipinski definition) is 3. The first kappa shape index (κ1) is 28.2. The van der Waals surface area contributed by atoms with Gasteiger partial charge in [-0.1, -0.05) is 30.7 Å². The number of nitrogens with one attached hydrogen (secondary N) is 1. The van der Waals surface area contributed by atoms with Crippen molar-refractivity contribution < 1.29 is 24.6 Å². The Hall–Kier alpha value is -2.04. The van der Waals surface area contributed by atoms with Gasteiger partial charge in [-0.2, -0.15) is 0 Å². The molecule has 0 saturated heterocycles.